The zero-order valence-corrected chi connectivity index (χ0v) is 11.4. The fourth-order valence-corrected chi connectivity index (χ4v) is 2.29. The molecule has 5 nitrogen and oxygen atoms in total. The second kappa shape index (κ2) is 6.23. The minimum absolute atomic E-state index is 0.452. The Morgan fingerprint density at radius 2 is 1.85 bits per heavy atom. The van der Waals surface area contributed by atoms with Gasteiger partial charge in [0, 0.05) is 0 Å². The monoisotopic (exact) mass is 311 g/mol. The molecule has 0 aliphatic heterocycles. The second-order valence-electron chi connectivity index (χ2n) is 4.04. The van der Waals surface area contributed by atoms with E-state index in [1.54, 1.807) is 18.6 Å². The van der Waals surface area contributed by atoms with E-state index >= 15 is 0 Å². The highest BCUT2D eigenvalue weighted by Crippen LogP contribution is 2.19. The molecule has 0 heterocycles. The summed E-state index contributed by atoms with van der Waals surface area (Å²) in [5, 5.41) is 0. The third-order valence-electron chi connectivity index (χ3n) is 2.06. The third-order valence-corrected chi connectivity index (χ3v) is 3.48. The summed E-state index contributed by atoms with van der Waals surface area (Å²) in [5.74, 6) is -6.15. The summed E-state index contributed by atoms with van der Waals surface area (Å²) in [5.41, 5.74) is 0. The molecular formula is C11H12F3NO4S. The van der Waals surface area contributed by atoms with Gasteiger partial charge in [-0.15, -0.1) is 0 Å². The van der Waals surface area contributed by atoms with Crippen molar-refractivity contribution in [1.82, 2.24) is 4.72 Å². The molecule has 0 bridgehead atoms. The number of halogens is 3. The van der Waals surface area contributed by atoms with E-state index in [2.05, 4.69) is 4.74 Å². The molecule has 1 aromatic rings. The molecule has 9 heteroatoms. The van der Waals surface area contributed by atoms with Crippen molar-refractivity contribution in [2.24, 2.45) is 0 Å². The Bertz CT molecular complexity index is 616. The molecule has 0 aromatic heterocycles. The Morgan fingerprint density at radius 1 is 1.25 bits per heavy atom. The zero-order valence-electron chi connectivity index (χ0n) is 10.6. The first-order valence-electron chi connectivity index (χ1n) is 5.47. The molecule has 0 atom stereocenters. The molecule has 112 valence electrons. The van der Waals surface area contributed by atoms with Gasteiger partial charge in [0.25, 0.3) is 0 Å². The number of esters is 1. The standard InChI is InChI=1S/C11H12F3NO4S/c1-6(2)19-9(16)5-15-20(17,18)8-4-3-7(12)10(13)11(8)14/h3-4,6,15H,5H2,1-2H3. The number of carbonyl (C=O) groups is 1. The Morgan fingerprint density at radius 3 is 2.40 bits per heavy atom. The van der Waals surface area contributed by atoms with Gasteiger partial charge in [0.2, 0.25) is 10.0 Å². The summed E-state index contributed by atoms with van der Waals surface area (Å²) in [6.45, 7) is 2.36. The van der Waals surface area contributed by atoms with E-state index in [9.17, 15) is 26.4 Å². The molecular weight excluding hydrogens is 299 g/mol. The van der Waals surface area contributed by atoms with Gasteiger partial charge in [-0.2, -0.15) is 4.72 Å². The molecule has 0 aliphatic carbocycles. The summed E-state index contributed by atoms with van der Waals surface area (Å²) in [6.07, 6.45) is -0.452. The Hall–Kier alpha value is -1.61. The summed E-state index contributed by atoms with van der Waals surface area (Å²) < 4.78 is 68.7. The van der Waals surface area contributed by atoms with Crippen LogP contribution in [0.25, 0.3) is 0 Å². The molecule has 0 aliphatic rings. The molecule has 0 radical (unpaired) electrons. The normalized spacial score (nSPS) is 11.7. The number of carbonyl (C=O) groups excluding carboxylic acids is 1. The largest absolute Gasteiger partial charge is 0.462 e. The number of benzene rings is 1. The molecule has 20 heavy (non-hydrogen) atoms. The second-order valence-corrected chi connectivity index (χ2v) is 5.77. The molecule has 1 N–H and O–H groups in total. The van der Waals surface area contributed by atoms with Crippen LogP contribution in [0.15, 0.2) is 17.0 Å². The van der Waals surface area contributed by atoms with E-state index in [4.69, 9.17) is 0 Å². The van der Waals surface area contributed by atoms with E-state index in [-0.39, 0.29) is 0 Å². The van der Waals surface area contributed by atoms with Crippen LogP contribution >= 0.6 is 0 Å². The minimum atomic E-state index is -4.49. The fourth-order valence-electron chi connectivity index (χ4n) is 1.25. The van der Waals surface area contributed by atoms with E-state index < -0.39 is 51.0 Å². The zero-order chi connectivity index (χ0) is 15.5. The van der Waals surface area contributed by atoms with Crippen molar-refractivity contribution in [3.63, 3.8) is 0 Å². The van der Waals surface area contributed by atoms with Crippen LogP contribution in [-0.2, 0) is 19.6 Å². The van der Waals surface area contributed by atoms with E-state index in [0.717, 1.165) is 0 Å². The molecule has 0 saturated carbocycles. The van der Waals surface area contributed by atoms with Crippen molar-refractivity contribution in [2.45, 2.75) is 24.8 Å². The van der Waals surface area contributed by atoms with Crippen LogP contribution in [0.1, 0.15) is 13.8 Å². The number of ether oxygens (including phenoxy) is 1. The number of hydrogen-bond donors (Lipinski definition) is 1. The molecule has 0 amide bonds. The number of nitrogens with one attached hydrogen (secondary N) is 1. The van der Waals surface area contributed by atoms with Gasteiger partial charge < -0.3 is 4.74 Å². The summed E-state index contributed by atoms with van der Waals surface area (Å²) in [4.78, 5) is 10.1. The fraction of sp³-hybridized carbons (Fsp3) is 0.364. The van der Waals surface area contributed by atoms with Gasteiger partial charge in [0.15, 0.2) is 17.5 Å². The lowest BCUT2D eigenvalue weighted by molar-refractivity contribution is -0.145. The Kier molecular flexibility index (Phi) is 5.12. The van der Waals surface area contributed by atoms with Crippen molar-refractivity contribution in [1.29, 1.82) is 0 Å². The van der Waals surface area contributed by atoms with Crippen molar-refractivity contribution in [3.8, 4) is 0 Å². The van der Waals surface area contributed by atoms with Gasteiger partial charge in [-0.1, -0.05) is 0 Å². The Balaban J connectivity index is 2.90. The summed E-state index contributed by atoms with van der Waals surface area (Å²) in [7, 11) is -4.49. The maximum absolute atomic E-state index is 13.3. The highest BCUT2D eigenvalue weighted by Gasteiger charge is 2.24. The number of hydrogen-bond acceptors (Lipinski definition) is 4. The van der Waals surface area contributed by atoms with Gasteiger partial charge in [0.1, 0.15) is 11.4 Å². The van der Waals surface area contributed by atoms with E-state index in [1.807, 2.05) is 0 Å². The smallest absolute Gasteiger partial charge is 0.321 e. The predicted octanol–water partition coefficient (Wildman–Crippen LogP) is 1.33. The minimum Gasteiger partial charge on any atom is -0.462 e. The van der Waals surface area contributed by atoms with Crippen molar-refractivity contribution >= 4 is 16.0 Å². The quantitative estimate of drug-likeness (QED) is 0.658. The van der Waals surface area contributed by atoms with Gasteiger partial charge in [-0.25, -0.2) is 21.6 Å². The first kappa shape index (κ1) is 16.4. The van der Waals surface area contributed by atoms with Crippen LogP contribution in [0.2, 0.25) is 0 Å². The maximum atomic E-state index is 13.3. The number of rotatable bonds is 5. The van der Waals surface area contributed by atoms with Gasteiger partial charge in [-0.05, 0) is 26.0 Å². The van der Waals surface area contributed by atoms with Crippen LogP contribution in [-0.4, -0.2) is 27.0 Å². The molecule has 0 spiro atoms. The van der Waals surface area contributed by atoms with E-state index in [0.29, 0.717) is 12.1 Å². The molecule has 1 aromatic carbocycles. The van der Waals surface area contributed by atoms with E-state index in [1.165, 1.54) is 0 Å². The Labute approximate surface area is 113 Å². The van der Waals surface area contributed by atoms with Gasteiger partial charge in [0.05, 0.1) is 6.10 Å². The predicted molar refractivity (Wildman–Crippen MR) is 62.7 cm³/mol. The topological polar surface area (TPSA) is 72.5 Å². The van der Waals surface area contributed by atoms with Crippen LogP contribution in [0.3, 0.4) is 0 Å². The molecule has 0 fully saturated rings. The third kappa shape index (κ3) is 3.94. The van der Waals surface area contributed by atoms with Crippen LogP contribution in [0.5, 0.6) is 0 Å². The molecule has 0 saturated heterocycles. The average Bonchev–Trinajstić information content (AvgIpc) is 2.32. The lowest BCUT2D eigenvalue weighted by atomic mass is 10.3. The summed E-state index contributed by atoms with van der Waals surface area (Å²) in [6, 6.07) is 1.03. The maximum Gasteiger partial charge on any atom is 0.321 e. The van der Waals surface area contributed by atoms with Crippen LogP contribution in [0, 0.1) is 17.5 Å². The first-order valence-corrected chi connectivity index (χ1v) is 6.96. The lowest BCUT2D eigenvalue weighted by Gasteiger charge is -2.10. The van der Waals surface area contributed by atoms with Gasteiger partial charge >= 0.3 is 5.97 Å². The van der Waals surface area contributed by atoms with Crippen molar-refractivity contribution in [3.05, 3.63) is 29.6 Å². The highest BCUT2D eigenvalue weighted by atomic mass is 32.2. The first-order chi connectivity index (χ1) is 9.15. The lowest BCUT2D eigenvalue weighted by Crippen LogP contribution is -2.32. The molecule has 0 unspecified atom stereocenters. The number of sulfonamides is 1. The van der Waals surface area contributed by atoms with Crippen LogP contribution in [0.4, 0.5) is 13.2 Å². The highest BCUT2D eigenvalue weighted by molar-refractivity contribution is 7.89. The SMILES string of the molecule is CC(C)OC(=O)CNS(=O)(=O)c1ccc(F)c(F)c1F. The van der Waals surface area contributed by atoms with Gasteiger partial charge in [-0.3, -0.25) is 4.79 Å². The van der Waals surface area contributed by atoms with Crippen LogP contribution < -0.4 is 4.72 Å². The van der Waals surface area contributed by atoms with Crippen molar-refractivity contribution in [2.75, 3.05) is 6.54 Å². The summed E-state index contributed by atoms with van der Waals surface area (Å²) >= 11 is 0. The molecule has 1 rings (SSSR count). The average molecular weight is 311 g/mol. The van der Waals surface area contributed by atoms with Crippen molar-refractivity contribution < 1.29 is 31.1 Å².